The van der Waals surface area contributed by atoms with Crippen molar-refractivity contribution in [3.63, 3.8) is 0 Å². The van der Waals surface area contributed by atoms with Gasteiger partial charge in [0.25, 0.3) is 0 Å². The highest BCUT2D eigenvalue weighted by Crippen LogP contribution is 2.25. The van der Waals surface area contributed by atoms with Crippen molar-refractivity contribution in [2.24, 2.45) is 11.8 Å². The molecule has 0 bridgehead atoms. The Balaban J connectivity index is 1.74. The normalized spacial score (nSPS) is 20.7. The first kappa shape index (κ1) is 28.5. The first-order valence-corrected chi connectivity index (χ1v) is 12.9. The molecule has 2 amide bonds. The van der Waals surface area contributed by atoms with E-state index in [4.69, 9.17) is 15.2 Å². The summed E-state index contributed by atoms with van der Waals surface area (Å²) >= 11 is 1.02. The first-order valence-electron chi connectivity index (χ1n) is 12.0. The Kier molecular flexibility index (Phi) is 12.3. The quantitative estimate of drug-likeness (QED) is 0.205. The van der Waals surface area contributed by atoms with Crippen molar-refractivity contribution < 1.29 is 39.2 Å². The third-order valence-electron chi connectivity index (χ3n) is 6.13. The summed E-state index contributed by atoms with van der Waals surface area (Å²) in [5.41, 5.74) is 0. The van der Waals surface area contributed by atoms with Crippen LogP contribution in [0.15, 0.2) is 0 Å². The number of carbonyl (C=O) groups excluding carboxylic acids is 4. The van der Waals surface area contributed by atoms with Gasteiger partial charge < -0.3 is 15.0 Å². The lowest BCUT2D eigenvalue weighted by atomic mass is 9.88. The molecular formula is C22H37N3O8S. The zero-order valence-corrected chi connectivity index (χ0v) is 20.8. The highest BCUT2D eigenvalue weighted by molar-refractivity contribution is 8.13. The van der Waals surface area contributed by atoms with E-state index in [1.807, 2.05) is 0 Å². The summed E-state index contributed by atoms with van der Waals surface area (Å²) in [6, 6.07) is -1.29. The summed E-state index contributed by atoms with van der Waals surface area (Å²) in [5, 5.41) is 19.1. The van der Waals surface area contributed by atoms with Gasteiger partial charge in [-0.1, -0.05) is 37.9 Å². The second-order valence-electron chi connectivity index (χ2n) is 8.89. The number of hydrogen-bond acceptors (Lipinski definition) is 10. The smallest absolute Gasteiger partial charge is 0.328 e. The number of hydrogen-bond donors (Lipinski definition) is 3. The Morgan fingerprint density at radius 3 is 2.44 bits per heavy atom. The van der Waals surface area contributed by atoms with Gasteiger partial charge in [-0.05, 0) is 32.6 Å². The van der Waals surface area contributed by atoms with E-state index in [0.717, 1.165) is 43.9 Å². The molecule has 2 aliphatic rings. The molecule has 0 aromatic carbocycles. The molecule has 1 saturated heterocycles. The Bertz CT molecular complexity index is 702. The van der Waals surface area contributed by atoms with E-state index >= 15 is 0 Å². The average Bonchev–Trinajstić information content (AvgIpc) is 3.31. The summed E-state index contributed by atoms with van der Waals surface area (Å²) in [4.78, 5) is 56.1. The molecule has 0 radical (unpaired) electrons. The van der Waals surface area contributed by atoms with E-state index in [1.54, 1.807) is 13.8 Å². The van der Waals surface area contributed by atoms with E-state index in [-0.39, 0.29) is 48.2 Å². The zero-order valence-electron chi connectivity index (χ0n) is 19.9. The van der Waals surface area contributed by atoms with Crippen molar-refractivity contribution in [1.82, 2.24) is 15.6 Å². The maximum absolute atomic E-state index is 12.9. The first-order chi connectivity index (χ1) is 16.2. The van der Waals surface area contributed by atoms with Crippen molar-refractivity contribution in [2.45, 2.75) is 77.3 Å². The zero-order chi connectivity index (χ0) is 25.1. The number of ether oxygens (including phenoxy) is 1. The number of nitrogens with zero attached hydrogens (tertiary/aromatic N) is 2. The Hall–Kier alpha value is -1.73. The molecule has 3 unspecified atom stereocenters. The molecule has 11 nitrogen and oxygen atoms in total. The standard InChI is InChI=1S/C22H37N3O8S/c1-15(14-34-22(29)16(2)23-19(26)17-8-4-3-5-9-17)20(27)24-11-6-10-18(24)21(28)32-12-7-13-33-25(30)31/h15-18,30-31H,3-14H2,1-2H3,(H,23,26). The van der Waals surface area contributed by atoms with Gasteiger partial charge in [0.2, 0.25) is 16.9 Å². The number of likely N-dealkylation sites (tertiary alicyclic amines) is 1. The number of thioether (sulfide) groups is 1. The van der Waals surface area contributed by atoms with Gasteiger partial charge in [-0.25, -0.2) is 4.79 Å². The fraction of sp³-hybridized carbons (Fsp3) is 0.818. The topological polar surface area (TPSA) is 146 Å². The van der Waals surface area contributed by atoms with Gasteiger partial charge in [0, 0.05) is 30.6 Å². The minimum absolute atomic E-state index is 0.0204. The molecule has 34 heavy (non-hydrogen) atoms. The molecule has 2 rings (SSSR count). The minimum Gasteiger partial charge on any atom is -0.464 e. The third kappa shape index (κ3) is 9.14. The fourth-order valence-electron chi connectivity index (χ4n) is 4.19. The molecule has 0 aromatic rings. The molecule has 3 atom stereocenters. The van der Waals surface area contributed by atoms with Crippen molar-refractivity contribution in [1.29, 1.82) is 0 Å². The van der Waals surface area contributed by atoms with Gasteiger partial charge in [0.05, 0.1) is 24.6 Å². The third-order valence-corrected chi connectivity index (χ3v) is 7.44. The van der Waals surface area contributed by atoms with Crippen LogP contribution in [0.25, 0.3) is 0 Å². The van der Waals surface area contributed by atoms with Crippen molar-refractivity contribution in [3.05, 3.63) is 0 Å². The molecule has 0 spiro atoms. The number of amides is 2. The average molecular weight is 504 g/mol. The molecule has 12 heteroatoms. The van der Waals surface area contributed by atoms with Crippen LogP contribution in [0.2, 0.25) is 0 Å². The lowest BCUT2D eigenvalue weighted by molar-refractivity contribution is -0.492. The number of nitrogens with one attached hydrogen (secondary N) is 1. The van der Waals surface area contributed by atoms with E-state index in [2.05, 4.69) is 10.2 Å². The van der Waals surface area contributed by atoms with Gasteiger partial charge in [-0.3, -0.25) is 29.6 Å². The second-order valence-corrected chi connectivity index (χ2v) is 9.92. The van der Waals surface area contributed by atoms with Crippen LogP contribution in [-0.2, 0) is 28.8 Å². The minimum atomic E-state index is -0.669. The van der Waals surface area contributed by atoms with Crippen LogP contribution < -0.4 is 5.32 Å². The SMILES string of the molecule is CC(CSC(=O)C(C)NC(=O)C1CCCCC1)C(=O)N1CCCC1C(=O)OCCCON(O)O. The predicted octanol–water partition coefficient (Wildman–Crippen LogP) is 1.90. The van der Waals surface area contributed by atoms with Gasteiger partial charge in [-0.2, -0.15) is 0 Å². The van der Waals surface area contributed by atoms with E-state index in [9.17, 15) is 19.2 Å². The van der Waals surface area contributed by atoms with Crippen LogP contribution in [0.4, 0.5) is 0 Å². The summed E-state index contributed by atoms with van der Waals surface area (Å²) in [5.74, 6) is -1.02. The Labute approximate surface area is 204 Å². The van der Waals surface area contributed by atoms with Crippen LogP contribution >= 0.6 is 11.8 Å². The molecule has 0 aromatic heterocycles. The van der Waals surface area contributed by atoms with Crippen LogP contribution in [0.3, 0.4) is 0 Å². The molecule has 1 aliphatic heterocycles. The molecule has 194 valence electrons. The predicted molar refractivity (Wildman–Crippen MR) is 122 cm³/mol. The lowest BCUT2D eigenvalue weighted by Gasteiger charge is -2.26. The molecule has 1 aliphatic carbocycles. The van der Waals surface area contributed by atoms with Gasteiger partial charge in [0.15, 0.2) is 0 Å². The lowest BCUT2D eigenvalue weighted by Crippen LogP contribution is -2.44. The van der Waals surface area contributed by atoms with E-state index in [1.165, 1.54) is 4.90 Å². The van der Waals surface area contributed by atoms with Crippen LogP contribution in [-0.4, -0.2) is 81.2 Å². The van der Waals surface area contributed by atoms with Gasteiger partial charge >= 0.3 is 5.97 Å². The number of esters is 1. The molecule has 3 N–H and O–H groups in total. The number of rotatable bonds is 12. The molecule has 1 saturated carbocycles. The summed E-state index contributed by atoms with van der Waals surface area (Å²) in [7, 11) is 0. The van der Waals surface area contributed by atoms with E-state index in [0.29, 0.717) is 19.4 Å². The number of carbonyl (C=O) groups is 4. The maximum atomic E-state index is 12.9. The van der Waals surface area contributed by atoms with Crippen molar-refractivity contribution in [3.8, 4) is 0 Å². The summed E-state index contributed by atoms with van der Waals surface area (Å²) in [6.07, 6.45) is 6.41. The summed E-state index contributed by atoms with van der Waals surface area (Å²) in [6.45, 7) is 3.81. The highest BCUT2D eigenvalue weighted by atomic mass is 32.2. The van der Waals surface area contributed by atoms with Crippen LogP contribution in [0.1, 0.15) is 65.2 Å². The monoisotopic (exact) mass is 503 g/mol. The second kappa shape index (κ2) is 14.6. The summed E-state index contributed by atoms with van der Waals surface area (Å²) < 4.78 is 5.19. The van der Waals surface area contributed by atoms with Crippen molar-refractivity contribution >= 4 is 34.7 Å². The van der Waals surface area contributed by atoms with Crippen LogP contribution in [0, 0.1) is 11.8 Å². The maximum Gasteiger partial charge on any atom is 0.328 e. The van der Waals surface area contributed by atoms with Crippen molar-refractivity contribution in [2.75, 3.05) is 25.5 Å². The largest absolute Gasteiger partial charge is 0.464 e. The molecule has 1 heterocycles. The molecule has 2 fully saturated rings. The Morgan fingerprint density at radius 2 is 1.76 bits per heavy atom. The Morgan fingerprint density at radius 1 is 1.06 bits per heavy atom. The van der Waals surface area contributed by atoms with E-state index < -0.39 is 29.4 Å². The highest BCUT2D eigenvalue weighted by Gasteiger charge is 2.37. The van der Waals surface area contributed by atoms with Gasteiger partial charge in [-0.15, -0.1) is 0 Å². The molecular weight excluding hydrogens is 466 g/mol. The van der Waals surface area contributed by atoms with Crippen LogP contribution in [0.5, 0.6) is 0 Å². The van der Waals surface area contributed by atoms with Gasteiger partial charge in [0.1, 0.15) is 6.04 Å². The fourth-order valence-corrected chi connectivity index (χ4v) is 5.06.